The molecule has 0 fully saturated rings. The van der Waals surface area contributed by atoms with E-state index in [-0.39, 0.29) is 11.6 Å². The molecule has 0 radical (unpaired) electrons. The maximum atomic E-state index is 10.5. The van der Waals surface area contributed by atoms with Gasteiger partial charge in [0.25, 0.3) is 5.88 Å². The number of nitrogens with zero attached hydrogens (tertiary/aromatic N) is 2. The maximum Gasteiger partial charge on any atom is 0.330 e. The Kier molecular flexibility index (Phi) is 4.31. The van der Waals surface area contributed by atoms with Gasteiger partial charge in [-0.2, -0.15) is 0 Å². The predicted molar refractivity (Wildman–Crippen MR) is 54.8 cm³/mol. The van der Waals surface area contributed by atoms with Gasteiger partial charge in [-0.25, -0.2) is 4.98 Å². The van der Waals surface area contributed by atoms with Crippen molar-refractivity contribution in [1.29, 1.82) is 0 Å². The molecule has 1 aromatic heterocycles. The van der Waals surface area contributed by atoms with Crippen LogP contribution in [0.15, 0.2) is 18.3 Å². The molecule has 1 rings (SSSR count). The van der Waals surface area contributed by atoms with Crippen LogP contribution in [0.1, 0.15) is 6.42 Å². The summed E-state index contributed by atoms with van der Waals surface area (Å²) in [6.07, 6.45) is 2.25. The van der Waals surface area contributed by atoms with E-state index in [1.165, 1.54) is 18.3 Å². The zero-order chi connectivity index (χ0) is 10.4. The fraction of sp³-hybridized carbons (Fsp3) is 0.375. The number of halogens is 1. The molecule has 6 heteroatoms. The Morgan fingerprint density at radius 1 is 1.64 bits per heavy atom. The van der Waals surface area contributed by atoms with Crippen molar-refractivity contribution in [3.63, 3.8) is 0 Å². The third kappa shape index (κ3) is 2.95. The van der Waals surface area contributed by atoms with Gasteiger partial charge in [0.2, 0.25) is 0 Å². The van der Waals surface area contributed by atoms with Gasteiger partial charge in [-0.1, -0.05) is 15.9 Å². The van der Waals surface area contributed by atoms with Gasteiger partial charge in [-0.05, 0) is 12.5 Å². The second-order valence-electron chi connectivity index (χ2n) is 2.48. The van der Waals surface area contributed by atoms with Crippen molar-refractivity contribution < 1.29 is 9.66 Å². The van der Waals surface area contributed by atoms with Gasteiger partial charge >= 0.3 is 5.69 Å². The van der Waals surface area contributed by atoms with Crippen molar-refractivity contribution in [1.82, 2.24) is 4.98 Å². The van der Waals surface area contributed by atoms with Crippen LogP contribution in [-0.2, 0) is 0 Å². The van der Waals surface area contributed by atoms with E-state index in [1.807, 2.05) is 0 Å². The van der Waals surface area contributed by atoms with Crippen molar-refractivity contribution in [2.24, 2.45) is 0 Å². The maximum absolute atomic E-state index is 10.5. The number of nitro groups is 1. The Balaban J connectivity index is 2.69. The molecule has 76 valence electrons. The van der Waals surface area contributed by atoms with Crippen LogP contribution in [0.3, 0.4) is 0 Å². The van der Waals surface area contributed by atoms with Crippen LogP contribution >= 0.6 is 15.9 Å². The molecule has 0 atom stereocenters. The molecular weight excluding hydrogens is 252 g/mol. The molecule has 1 heterocycles. The lowest BCUT2D eigenvalue weighted by Crippen LogP contribution is -2.02. The Hall–Kier alpha value is -1.17. The minimum Gasteiger partial charge on any atom is -0.473 e. The van der Waals surface area contributed by atoms with E-state index in [0.29, 0.717) is 6.61 Å². The van der Waals surface area contributed by atoms with Gasteiger partial charge in [-0.3, -0.25) is 10.1 Å². The molecule has 0 saturated heterocycles. The van der Waals surface area contributed by atoms with Crippen LogP contribution in [0.5, 0.6) is 5.88 Å². The van der Waals surface area contributed by atoms with Gasteiger partial charge < -0.3 is 4.74 Å². The van der Waals surface area contributed by atoms with Crippen LogP contribution in [0.25, 0.3) is 0 Å². The van der Waals surface area contributed by atoms with Gasteiger partial charge in [-0.15, -0.1) is 0 Å². The van der Waals surface area contributed by atoms with Gasteiger partial charge in [0.15, 0.2) is 0 Å². The van der Waals surface area contributed by atoms with Crippen molar-refractivity contribution in [3.05, 3.63) is 28.4 Å². The Bertz CT molecular complexity index is 319. The number of hydrogen-bond acceptors (Lipinski definition) is 4. The number of rotatable bonds is 5. The monoisotopic (exact) mass is 260 g/mol. The summed E-state index contributed by atoms with van der Waals surface area (Å²) in [5.74, 6) is 0.0819. The molecule has 0 unspecified atom stereocenters. The third-order valence-electron chi connectivity index (χ3n) is 1.46. The third-order valence-corrected chi connectivity index (χ3v) is 2.03. The largest absolute Gasteiger partial charge is 0.473 e. The van der Waals surface area contributed by atoms with E-state index >= 15 is 0 Å². The summed E-state index contributed by atoms with van der Waals surface area (Å²) >= 11 is 3.24. The molecule has 0 aromatic carbocycles. The molecule has 0 aliphatic carbocycles. The number of hydrogen-bond donors (Lipinski definition) is 0. The van der Waals surface area contributed by atoms with Crippen LogP contribution in [0, 0.1) is 10.1 Å². The summed E-state index contributed by atoms with van der Waals surface area (Å²) in [5, 5.41) is 11.3. The molecular formula is C8H9BrN2O3. The van der Waals surface area contributed by atoms with Crippen LogP contribution in [0.4, 0.5) is 5.69 Å². The number of alkyl halides is 1. The van der Waals surface area contributed by atoms with E-state index in [1.54, 1.807) is 0 Å². The van der Waals surface area contributed by atoms with Crippen LogP contribution < -0.4 is 4.74 Å². The zero-order valence-electron chi connectivity index (χ0n) is 7.35. The van der Waals surface area contributed by atoms with E-state index in [2.05, 4.69) is 20.9 Å². The highest BCUT2D eigenvalue weighted by atomic mass is 79.9. The smallest absolute Gasteiger partial charge is 0.330 e. The highest BCUT2D eigenvalue weighted by Gasteiger charge is 2.14. The molecule has 0 spiro atoms. The predicted octanol–water partition coefficient (Wildman–Crippen LogP) is 2.15. The first-order valence-electron chi connectivity index (χ1n) is 4.04. The summed E-state index contributed by atoms with van der Waals surface area (Å²) in [4.78, 5) is 13.8. The second-order valence-corrected chi connectivity index (χ2v) is 3.27. The highest BCUT2D eigenvalue weighted by Crippen LogP contribution is 2.22. The normalized spacial score (nSPS) is 9.79. The summed E-state index contributed by atoms with van der Waals surface area (Å²) in [5.41, 5.74) is -0.0953. The molecule has 0 aliphatic rings. The first-order chi connectivity index (χ1) is 6.75. The minimum absolute atomic E-state index is 0.0819. The molecule has 0 aliphatic heterocycles. The fourth-order valence-corrected chi connectivity index (χ4v) is 1.08. The molecule has 0 saturated carbocycles. The summed E-state index contributed by atoms with van der Waals surface area (Å²) in [7, 11) is 0. The average Bonchev–Trinajstić information content (AvgIpc) is 2.19. The standard InChI is InChI=1S/C8H9BrN2O3/c9-4-2-6-14-8-7(11(12)13)3-1-5-10-8/h1,3,5H,2,4,6H2. The number of aromatic nitrogens is 1. The van der Waals surface area contributed by atoms with Crippen molar-refractivity contribution in [2.75, 3.05) is 11.9 Å². The van der Waals surface area contributed by atoms with Crippen LogP contribution in [0.2, 0.25) is 0 Å². The molecule has 0 N–H and O–H groups in total. The average molecular weight is 261 g/mol. The molecule has 5 nitrogen and oxygen atoms in total. The van der Waals surface area contributed by atoms with E-state index in [4.69, 9.17) is 4.74 Å². The molecule has 14 heavy (non-hydrogen) atoms. The Morgan fingerprint density at radius 3 is 3.07 bits per heavy atom. The van der Waals surface area contributed by atoms with Crippen molar-refractivity contribution in [3.8, 4) is 5.88 Å². The van der Waals surface area contributed by atoms with Gasteiger partial charge in [0.05, 0.1) is 11.5 Å². The minimum atomic E-state index is -0.504. The van der Waals surface area contributed by atoms with E-state index < -0.39 is 4.92 Å². The Labute approximate surface area is 89.4 Å². The van der Waals surface area contributed by atoms with Crippen molar-refractivity contribution >= 4 is 21.6 Å². The SMILES string of the molecule is O=[N+]([O-])c1cccnc1OCCCBr. The lowest BCUT2D eigenvalue weighted by atomic mass is 10.4. The lowest BCUT2D eigenvalue weighted by molar-refractivity contribution is -0.386. The molecule has 1 aromatic rings. The number of ether oxygens (including phenoxy) is 1. The fourth-order valence-electron chi connectivity index (χ4n) is 0.856. The lowest BCUT2D eigenvalue weighted by Gasteiger charge is -2.03. The Morgan fingerprint density at radius 2 is 2.43 bits per heavy atom. The van der Waals surface area contributed by atoms with Gasteiger partial charge in [0, 0.05) is 17.6 Å². The first-order valence-corrected chi connectivity index (χ1v) is 5.16. The quantitative estimate of drug-likeness (QED) is 0.352. The van der Waals surface area contributed by atoms with Crippen LogP contribution in [-0.4, -0.2) is 21.8 Å². The highest BCUT2D eigenvalue weighted by molar-refractivity contribution is 9.09. The van der Waals surface area contributed by atoms with Crippen molar-refractivity contribution in [2.45, 2.75) is 6.42 Å². The second kappa shape index (κ2) is 5.54. The molecule has 0 bridgehead atoms. The summed E-state index contributed by atoms with van der Waals surface area (Å²) < 4.78 is 5.16. The zero-order valence-corrected chi connectivity index (χ0v) is 8.94. The van der Waals surface area contributed by atoms with Gasteiger partial charge in [0.1, 0.15) is 0 Å². The summed E-state index contributed by atoms with van der Waals surface area (Å²) in [6.45, 7) is 0.420. The first kappa shape index (κ1) is 10.9. The van der Waals surface area contributed by atoms with E-state index in [0.717, 1.165) is 11.8 Å². The summed E-state index contributed by atoms with van der Waals surface area (Å²) in [6, 6.07) is 2.88. The molecule has 0 amide bonds. The topological polar surface area (TPSA) is 65.3 Å². The number of pyridine rings is 1. The van der Waals surface area contributed by atoms with E-state index in [9.17, 15) is 10.1 Å².